The Labute approximate surface area is 128 Å². The van der Waals surface area contributed by atoms with Crippen molar-refractivity contribution in [1.29, 1.82) is 0 Å². The Morgan fingerprint density at radius 3 is 2.14 bits per heavy atom. The molecule has 0 saturated heterocycles. The molecule has 1 aromatic rings. The number of aromatic nitrogens is 1. The van der Waals surface area contributed by atoms with Gasteiger partial charge in [-0.05, 0) is 39.0 Å². The summed E-state index contributed by atoms with van der Waals surface area (Å²) in [4.78, 5) is 11.9. The first-order valence-electron chi connectivity index (χ1n) is 7.62. The molecule has 1 amide bonds. The first-order valence-corrected chi connectivity index (χ1v) is 7.62. The van der Waals surface area contributed by atoms with Gasteiger partial charge in [-0.1, -0.05) is 12.2 Å². The number of carbonyl (C=O) groups excluding carboxylic acids is 1. The number of aromatic hydroxyl groups is 2. The fourth-order valence-electron chi connectivity index (χ4n) is 3.94. The van der Waals surface area contributed by atoms with Crippen molar-refractivity contribution in [2.45, 2.75) is 44.6 Å². The van der Waals surface area contributed by atoms with Gasteiger partial charge in [0.2, 0.25) is 11.8 Å². The highest BCUT2D eigenvalue weighted by Crippen LogP contribution is 2.67. The zero-order valence-corrected chi connectivity index (χ0v) is 12.8. The number of hydrogen-bond donors (Lipinski definition) is 3. The lowest BCUT2D eigenvalue weighted by molar-refractivity contribution is 0.0607. The summed E-state index contributed by atoms with van der Waals surface area (Å²) in [6, 6.07) is 0. The first-order chi connectivity index (χ1) is 10.3. The Hall–Kier alpha value is -2.11. The van der Waals surface area contributed by atoms with E-state index < -0.39 is 11.7 Å². The third kappa shape index (κ3) is 1.76. The fourth-order valence-corrected chi connectivity index (χ4v) is 3.94. The van der Waals surface area contributed by atoms with Gasteiger partial charge in [0, 0.05) is 23.0 Å². The van der Waals surface area contributed by atoms with E-state index in [2.05, 4.69) is 17.6 Å². The van der Waals surface area contributed by atoms with Crippen molar-refractivity contribution < 1.29 is 19.7 Å². The molecule has 2 bridgehead atoms. The van der Waals surface area contributed by atoms with Crippen molar-refractivity contribution in [1.82, 2.24) is 4.68 Å². The van der Waals surface area contributed by atoms with Crippen LogP contribution in [0.1, 0.15) is 50.2 Å². The molecule has 1 aromatic heterocycles. The average molecular weight is 304 g/mol. The highest BCUT2D eigenvalue weighted by atomic mass is 16.6. The minimum Gasteiger partial charge on any atom is -0.493 e. The number of ether oxygens (including phenoxy) is 1. The minimum absolute atomic E-state index is 0.0944. The van der Waals surface area contributed by atoms with Crippen molar-refractivity contribution in [2.24, 2.45) is 11.8 Å². The van der Waals surface area contributed by atoms with Gasteiger partial charge in [-0.2, -0.15) is 4.68 Å². The SMILES string of the molecule is CC(C)(C)OC(=O)Nn1c(O)c2c(c1O)C1C=CC2[C@H]2C[C@@H]12. The third-order valence-electron chi connectivity index (χ3n) is 4.80. The van der Waals surface area contributed by atoms with E-state index in [-0.39, 0.29) is 23.6 Å². The van der Waals surface area contributed by atoms with Gasteiger partial charge in [-0.3, -0.25) is 0 Å². The summed E-state index contributed by atoms with van der Waals surface area (Å²) in [7, 11) is 0. The molecule has 1 saturated carbocycles. The van der Waals surface area contributed by atoms with Crippen LogP contribution in [0.4, 0.5) is 4.79 Å². The Balaban J connectivity index is 1.68. The molecule has 0 radical (unpaired) electrons. The summed E-state index contributed by atoms with van der Waals surface area (Å²) in [5.41, 5.74) is 3.27. The maximum Gasteiger partial charge on any atom is 0.427 e. The number of nitrogens with zero attached hydrogens (tertiary/aromatic N) is 1. The molecule has 3 N–H and O–H groups in total. The third-order valence-corrected chi connectivity index (χ3v) is 4.80. The molecule has 4 aliphatic carbocycles. The smallest absolute Gasteiger partial charge is 0.427 e. The largest absolute Gasteiger partial charge is 0.493 e. The average Bonchev–Trinajstić information content (AvgIpc) is 3.18. The normalized spacial score (nSPS) is 30.7. The molecule has 0 aliphatic heterocycles. The van der Waals surface area contributed by atoms with Crippen LogP contribution in [-0.4, -0.2) is 26.6 Å². The van der Waals surface area contributed by atoms with Gasteiger partial charge in [0.15, 0.2) is 0 Å². The van der Waals surface area contributed by atoms with Crippen molar-refractivity contribution in [2.75, 3.05) is 5.43 Å². The number of allylic oxidation sites excluding steroid dienone is 2. The first kappa shape index (κ1) is 13.5. The predicted molar refractivity (Wildman–Crippen MR) is 79.6 cm³/mol. The van der Waals surface area contributed by atoms with E-state index in [0.29, 0.717) is 11.8 Å². The summed E-state index contributed by atoms with van der Waals surface area (Å²) in [5.74, 6) is 1.21. The number of hydrogen-bond acceptors (Lipinski definition) is 4. The standard InChI is InChI=1S/C16H20N2O4/c1-16(2,3)22-15(21)17-18-13(19)11-7-4-5-8(10-6-9(7)10)12(11)14(18)20/h4-5,7-10,19-20H,6H2,1-3H3,(H,17,21)/t7?,8?,9-,10+. The van der Waals surface area contributed by atoms with Crippen LogP contribution in [0.15, 0.2) is 12.2 Å². The molecule has 2 unspecified atom stereocenters. The van der Waals surface area contributed by atoms with E-state index in [1.807, 2.05) is 0 Å². The summed E-state index contributed by atoms with van der Waals surface area (Å²) in [6.07, 6.45) is 4.64. The van der Waals surface area contributed by atoms with Crippen LogP contribution in [0, 0.1) is 11.8 Å². The van der Waals surface area contributed by atoms with E-state index in [1.165, 1.54) is 0 Å². The van der Waals surface area contributed by atoms with Crippen LogP contribution >= 0.6 is 0 Å². The van der Waals surface area contributed by atoms with Crippen molar-refractivity contribution >= 4 is 6.09 Å². The Kier molecular flexibility index (Phi) is 2.46. The molecule has 6 nitrogen and oxygen atoms in total. The number of rotatable bonds is 1. The monoisotopic (exact) mass is 304 g/mol. The van der Waals surface area contributed by atoms with Gasteiger partial charge in [0.25, 0.3) is 0 Å². The molecule has 4 atom stereocenters. The van der Waals surface area contributed by atoms with Crippen LogP contribution in [0.2, 0.25) is 0 Å². The Morgan fingerprint density at radius 2 is 1.68 bits per heavy atom. The summed E-state index contributed by atoms with van der Waals surface area (Å²) < 4.78 is 6.21. The highest BCUT2D eigenvalue weighted by Gasteiger charge is 2.57. The van der Waals surface area contributed by atoms with Crippen molar-refractivity contribution in [3.05, 3.63) is 23.3 Å². The van der Waals surface area contributed by atoms with Crippen LogP contribution in [-0.2, 0) is 4.74 Å². The van der Waals surface area contributed by atoms with E-state index in [9.17, 15) is 15.0 Å². The molecule has 1 heterocycles. The van der Waals surface area contributed by atoms with Crippen molar-refractivity contribution in [3.63, 3.8) is 0 Å². The molecule has 5 rings (SSSR count). The van der Waals surface area contributed by atoms with Gasteiger partial charge < -0.3 is 14.9 Å². The Morgan fingerprint density at radius 1 is 1.18 bits per heavy atom. The molecule has 6 heteroatoms. The lowest BCUT2D eigenvalue weighted by Gasteiger charge is -2.29. The molecular formula is C16H20N2O4. The summed E-state index contributed by atoms with van der Waals surface area (Å²) >= 11 is 0. The maximum absolute atomic E-state index is 11.9. The topological polar surface area (TPSA) is 83.7 Å². The van der Waals surface area contributed by atoms with Gasteiger partial charge >= 0.3 is 6.09 Å². The van der Waals surface area contributed by atoms with Gasteiger partial charge in [0.1, 0.15) is 5.60 Å². The minimum atomic E-state index is -0.712. The Bertz CT molecular complexity index is 656. The fraction of sp³-hybridized carbons (Fsp3) is 0.562. The van der Waals surface area contributed by atoms with Gasteiger partial charge in [-0.25, -0.2) is 10.2 Å². The number of amides is 1. The molecule has 0 aromatic carbocycles. The van der Waals surface area contributed by atoms with Gasteiger partial charge in [-0.15, -0.1) is 0 Å². The molecule has 1 fully saturated rings. The quantitative estimate of drug-likeness (QED) is 0.697. The van der Waals surface area contributed by atoms with E-state index in [1.54, 1.807) is 20.8 Å². The second-order valence-corrected chi connectivity index (χ2v) is 7.42. The van der Waals surface area contributed by atoms with Crippen LogP contribution in [0.25, 0.3) is 0 Å². The second kappa shape index (κ2) is 4.00. The number of nitrogens with one attached hydrogen (secondary N) is 1. The van der Waals surface area contributed by atoms with E-state index in [4.69, 9.17) is 4.74 Å². The molecule has 22 heavy (non-hydrogen) atoms. The molecule has 4 aliphatic rings. The van der Waals surface area contributed by atoms with Crippen LogP contribution < -0.4 is 5.43 Å². The summed E-state index contributed by atoms with van der Waals surface area (Å²) in [5, 5.41) is 20.9. The molecule has 0 spiro atoms. The maximum atomic E-state index is 11.9. The van der Waals surface area contributed by atoms with Crippen molar-refractivity contribution in [3.8, 4) is 11.8 Å². The van der Waals surface area contributed by atoms with Gasteiger partial charge in [0.05, 0.1) is 0 Å². The predicted octanol–water partition coefficient (Wildman–Crippen LogP) is 2.76. The van der Waals surface area contributed by atoms with Crippen LogP contribution in [0.5, 0.6) is 11.8 Å². The van der Waals surface area contributed by atoms with Crippen LogP contribution in [0.3, 0.4) is 0 Å². The zero-order chi connectivity index (χ0) is 15.8. The van der Waals surface area contributed by atoms with E-state index >= 15 is 0 Å². The lowest BCUT2D eigenvalue weighted by Crippen LogP contribution is -2.31. The number of carbonyl (C=O) groups is 1. The second-order valence-electron chi connectivity index (χ2n) is 7.42. The van der Waals surface area contributed by atoms with E-state index in [0.717, 1.165) is 22.2 Å². The molecule has 118 valence electrons. The zero-order valence-electron chi connectivity index (χ0n) is 12.8. The molecular weight excluding hydrogens is 284 g/mol. The lowest BCUT2D eigenvalue weighted by atomic mass is 9.73. The summed E-state index contributed by atoms with van der Waals surface area (Å²) in [6.45, 7) is 5.26. The highest BCUT2D eigenvalue weighted by molar-refractivity contribution is 5.77.